The quantitative estimate of drug-likeness (QED) is 0.684. The molecule has 1 aliphatic heterocycles. The van der Waals surface area contributed by atoms with Gasteiger partial charge in [-0.25, -0.2) is 0 Å². The lowest BCUT2D eigenvalue weighted by Gasteiger charge is -2.49. The van der Waals surface area contributed by atoms with Crippen LogP contribution in [0, 0.1) is 0 Å². The fourth-order valence-corrected chi connectivity index (χ4v) is 3.26. The molecule has 7 heteroatoms. The van der Waals surface area contributed by atoms with E-state index >= 15 is 0 Å². The molecule has 1 aliphatic rings. The number of morpholine rings is 1. The van der Waals surface area contributed by atoms with Gasteiger partial charge in [-0.3, -0.25) is 4.90 Å². The number of halogens is 2. The smallest absolute Gasteiger partial charge is 0.345 e. The van der Waals surface area contributed by atoms with Gasteiger partial charge in [0, 0.05) is 19.6 Å². The topological polar surface area (TPSA) is 59.0 Å². The second-order valence-electron chi connectivity index (χ2n) is 6.40. The Kier molecular flexibility index (Phi) is 7.43. The predicted molar refractivity (Wildman–Crippen MR) is 88.5 cm³/mol. The summed E-state index contributed by atoms with van der Waals surface area (Å²) in [6.07, 6.45) is 1.74. The van der Waals surface area contributed by atoms with E-state index in [1.165, 1.54) is 0 Å². The zero-order valence-electron chi connectivity index (χ0n) is 14.3. The number of benzene rings is 1. The molecule has 3 atom stereocenters. The van der Waals surface area contributed by atoms with Crippen molar-refractivity contribution in [2.24, 2.45) is 0 Å². The van der Waals surface area contributed by atoms with Crippen molar-refractivity contribution in [1.29, 1.82) is 0 Å². The number of rotatable bonds is 9. The molecule has 140 valence electrons. The standard InChI is InChI=1S/C18H25F2NO4/c1-18(8-10-22)16(11-23)21(9-7-14-5-3-2-4-6-14)15(13-25-18)12-24-17(19)20/h2-6,11,15-17,22H,7-10,12-13H2,1H3. The highest BCUT2D eigenvalue weighted by Gasteiger charge is 2.45. The number of ether oxygens (including phenoxy) is 2. The van der Waals surface area contributed by atoms with Crippen molar-refractivity contribution in [1.82, 2.24) is 4.90 Å². The molecule has 1 N–H and O–H groups in total. The molecule has 0 bridgehead atoms. The molecule has 3 unspecified atom stereocenters. The fraction of sp³-hybridized carbons (Fsp3) is 0.611. The van der Waals surface area contributed by atoms with Crippen molar-refractivity contribution in [3.63, 3.8) is 0 Å². The number of carbonyl (C=O) groups is 1. The van der Waals surface area contributed by atoms with Crippen LogP contribution in [0.1, 0.15) is 18.9 Å². The number of aliphatic hydroxyl groups is 1. The van der Waals surface area contributed by atoms with Gasteiger partial charge in [-0.2, -0.15) is 8.78 Å². The number of aliphatic hydroxyl groups excluding tert-OH is 1. The van der Waals surface area contributed by atoms with Crippen LogP contribution in [0.3, 0.4) is 0 Å². The average Bonchev–Trinajstić information content (AvgIpc) is 2.60. The fourth-order valence-electron chi connectivity index (χ4n) is 3.26. The van der Waals surface area contributed by atoms with E-state index in [9.17, 15) is 18.7 Å². The molecule has 25 heavy (non-hydrogen) atoms. The molecule has 0 saturated carbocycles. The molecule has 2 rings (SSSR count). The van der Waals surface area contributed by atoms with Crippen molar-refractivity contribution in [3.8, 4) is 0 Å². The molecular weight excluding hydrogens is 332 g/mol. The number of alkyl halides is 2. The summed E-state index contributed by atoms with van der Waals surface area (Å²) in [7, 11) is 0. The molecule has 1 aromatic rings. The van der Waals surface area contributed by atoms with Crippen molar-refractivity contribution in [2.45, 2.75) is 44.1 Å². The van der Waals surface area contributed by atoms with Gasteiger partial charge in [-0.05, 0) is 18.9 Å². The summed E-state index contributed by atoms with van der Waals surface area (Å²) in [6.45, 7) is -0.756. The molecular formula is C18H25F2NO4. The monoisotopic (exact) mass is 357 g/mol. The van der Waals surface area contributed by atoms with Crippen LogP contribution in [0.5, 0.6) is 0 Å². The van der Waals surface area contributed by atoms with Crippen molar-refractivity contribution in [3.05, 3.63) is 35.9 Å². The molecule has 1 fully saturated rings. The largest absolute Gasteiger partial charge is 0.396 e. The molecule has 0 aromatic heterocycles. The lowest BCUT2D eigenvalue weighted by Crippen LogP contribution is -2.64. The third-order valence-corrected chi connectivity index (χ3v) is 4.71. The highest BCUT2D eigenvalue weighted by Crippen LogP contribution is 2.30. The summed E-state index contributed by atoms with van der Waals surface area (Å²) in [4.78, 5) is 13.6. The summed E-state index contributed by atoms with van der Waals surface area (Å²) >= 11 is 0. The summed E-state index contributed by atoms with van der Waals surface area (Å²) < 4.78 is 35.1. The number of hydrogen-bond acceptors (Lipinski definition) is 5. The average molecular weight is 357 g/mol. The SMILES string of the molecule is CC1(CCO)OCC(COC(F)F)N(CCc2ccccc2)C1C=O. The van der Waals surface area contributed by atoms with Crippen LogP contribution >= 0.6 is 0 Å². The second-order valence-corrected chi connectivity index (χ2v) is 6.40. The third-order valence-electron chi connectivity index (χ3n) is 4.71. The van der Waals surface area contributed by atoms with E-state index in [2.05, 4.69) is 4.74 Å². The Bertz CT molecular complexity index is 531. The zero-order chi connectivity index (χ0) is 18.3. The van der Waals surface area contributed by atoms with Gasteiger partial charge in [0.15, 0.2) is 0 Å². The Labute approximate surface area is 146 Å². The van der Waals surface area contributed by atoms with Crippen LogP contribution in [0.2, 0.25) is 0 Å². The van der Waals surface area contributed by atoms with E-state index in [-0.39, 0.29) is 19.8 Å². The molecule has 1 saturated heterocycles. The van der Waals surface area contributed by atoms with Gasteiger partial charge in [0.2, 0.25) is 0 Å². The van der Waals surface area contributed by atoms with Crippen LogP contribution in [0.25, 0.3) is 0 Å². The second kappa shape index (κ2) is 9.33. The van der Waals surface area contributed by atoms with E-state index < -0.39 is 24.3 Å². The van der Waals surface area contributed by atoms with Gasteiger partial charge in [0.05, 0.1) is 30.9 Å². The number of nitrogens with zero attached hydrogens (tertiary/aromatic N) is 1. The first-order chi connectivity index (χ1) is 12.0. The van der Waals surface area contributed by atoms with Gasteiger partial charge in [0.25, 0.3) is 0 Å². The maximum atomic E-state index is 12.4. The predicted octanol–water partition coefficient (Wildman–Crippen LogP) is 1.88. The molecule has 1 heterocycles. The van der Waals surface area contributed by atoms with E-state index in [1.807, 2.05) is 35.2 Å². The summed E-state index contributed by atoms with van der Waals surface area (Å²) in [5.41, 5.74) is 0.241. The minimum Gasteiger partial charge on any atom is -0.396 e. The first kappa shape index (κ1) is 19.9. The highest BCUT2D eigenvalue weighted by atomic mass is 19.3. The summed E-state index contributed by atoms with van der Waals surface area (Å²) in [6, 6.07) is 8.66. The Morgan fingerprint density at radius 3 is 2.76 bits per heavy atom. The van der Waals surface area contributed by atoms with Crippen LogP contribution in [-0.2, 0) is 20.7 Å². The Morgan fingerprint density at radius 2 is 2.16 bits per heavy atom. The van der Waals surface area contributed by atoms with E-state index in [1.54, 1.807) is 6.92 Å². The van der Waals surface area contributed by atoms with E-state index in [0.29, 0.717) is 19.4 Å². The number of carbonyl (C=O) groups excluding carboxylic acids is 1. The normalized spacial score (nSPS) is 27.6. The van der Waals surface area contributed by atoms with Gasteiger partial charge < -0.3 is 19.4 Å². The van der Waals surface area contributed by atoms with E-state index in [0.717, 1.165) is 11.8 Å². The minimum atomic E-state index is -2.86. The minimum absolute atomic E-state index is 0.119. The van der Waals surface area contributed by atoms with Crippen molar-refractivity contribution < 1.29 is 28.2 Å². The number of aldehydes is 1. The van der Waals surface area contributed by atoms with Crippen molar-refractivity contribution in [2.75, 3.05) is 26.4 Å². The zero-order valence-corrected chi connectivity index (χ0v) is 14.3. The van der Waals surface area contributed by atoms with Crippen molar-refractivity contribution >= 4 is 6.29 Å². The first-order valence-corrected chi connectivity index (χ1v) is 8.39. The third kappa shape index (κ3) is 5.28. The first-order valence-electron chi connectivity index (χ1n) is 8.39. The lowest BCUT2D eigenvalue weighted by molar-refractivity contribution is -0.198. The Hall–Kier alpha value is -1.41. The van der Waals surface area contributed by atoms with E-state index in [4.69, 9.17) is 4.74 Å². The van der Waals surface area contributed by atoms with Crippen LogP contribution in [0.15, 0.2) is 30.3 Å². The van der Waals surface area contributed by atoms with Crippen LogP contribution in [0.4, 0.5) is 8.78 Å². The molecule has 0 radical (unpaired) electrons. The van der Waals surface area contributed by atoms with Gasteiger partial charge in [-0.15, -0.1) is 0 Å². The molecule has 0 amide bonds. The van der Waals surface area contributed by atoms with Gasteiger partial charge >= 0.3 is 6.61 Å². The highest BCUT2D eigenvalue weighted by molar-refractivity contribution is 5.60. The molecule has 1 aromatic carbocycles. The van der Waals surface area contributed by atoms with Crippen LogP contribution < -0.4 is 0 Å². The lowest BCUT2D eigenvalue weighted by atomic mass is 9.88. The molecule has 5 nitrogen and oxygen atoms in total. The number of hydrogen-bond donors (Lipinski definition) is 1. The molecule has 0 spiro atoms. The van der Waals surface area contributed by atoms with Crippen LogP contribution in [-0.4, -0.2) is 67.0 Å². The Morgan fingerprint density at radius 1 is 1.44 bits per heavy atom. The van der Waals surface area contributed by atoms with Gasteiger partial charge in [-0.1, -0.05) is 30.3 Å². The summed E-state index contributed by atoms with van der Waals surface area (Å²) in [5.74, 6) is 0. The summed E-state index contributed by atoms with van der Waals surface area (Å²) in [5, 5.41) is 9.29. The maximum absolute atomic E-state index is 12.4. The molecule has 0 aliphatic carbocycles. The Balaban J connectivity index is 2.15. The maximum Gasteiger partial charge on any atom is 0.345 e. The van der Waals surface area contributed by atoms with Gasteiger partial charge in [0.1, 0.15) is 6.29 Å².